The number of carbonyl (C=O) groups excluding carboxylic acids is 1. The number of hydrogen-bond acceptors (Lipinski definition) is 6. The van der Waals surface area contributed by atoms with E-state index in [1.807, 2.05) is 30.3 Å². The van der Waals surface area contributed by atoms with E-state index in [1.54, 1.807) is 12.1 Å². The highest BCUT2D eigenvalue weighted by Gasteiger charge is 2.41. The molecule has 0 unspecified atom stereocenters. The van der Waals surface area contributed by atoms with Gasteiger partial charge >= 0.3 is 5.97 Å². The number of benzene rings is 2. The number of nitro groups is 1. The van der Waals surface area contributed by atoms with E-state index in [-0.39, 0.29) is 17.8 Å². The molecule has 3 rings (SSSR count). The van der Waals surface area contributed by atoms with Gasteiger partial charge in [0.25, 0.3) is 5.69 Å². The highest BCUT2D eigenvalue weighted by atomic mass is 16.6. The van der Waals surface area contributed by atoms with Crippen LogP contribution in [0.2, 0.25) is 0 Å². The van der Waals surface area contributed by atoms with Crippen molar-refractivity contribution in [3.05, 3.63) is 70.3 Å². The number of esters is 1. The standard InChI is InChI=1S/C19H19NO6/c1-24-19(21)17-11-16(12-25-15-5-3-2-4-6-15)26-18(17)13-7-9-14(10-8-13)20(22)23/h2-10,16-18H,11-12H2,1H3/t16-,17+,18-/m1/s1. The van der Waals surface area contributed by atoms with E-state index in [0.717, 1.165) is 5.75 Å². The van der Waals surface area contributed by atoms with Gasteiger partial charge in [0.15, 0.2) is 0 Å². The zero-order valence-corrected chi connectivity index (χ0v) is 14.2. The van der Waals surface area contributed by atoms with Crippen molar-refractivity contribution >= 4 is 11.7 Å². The van der Waals surface area contributed by atoms with Gasteiger partial charge in [0.1, 0.15) is 12.4 Å². The molecule has 1 aliphatic rings. The lowest BCUT2D eigenvalue weighted by Crippen LogP contribution is -2.20. The first-order valence-corrected chi connectivity index (χ1v) is 8.24. The topological polar surface area (TPSA) is 87.9 Å². The third-order valence-electron chi connectivity index (χ3n) is 4.34. The van der Waals surface area contributed by atoms with E-state index >= 15 is 0 Å². The first-order valence-electron chi connectivity index (χ1n) is 8.24. The maximum atomic E-state index is 12.1. The van der Waals surface area contributed by atoms with Crippen molar-refractivity contribution in [1.82, 2.24) is 0 Å². The molecule has 0 radical (unpaired) electrons. The van der Waals surface area contributed by atoms with Gasteiger partial charge in [-0.15, -0.1) is 0 Å². The lowest BCUT2D eigenvalue weighted by molar-refractivity contribution is -0.384. The number of para-hydroxylation sites is 1. The molecule has 1 aliphatic heterocycles. The number of nitrogens with zero attached hydrogens (tertiary/aromatic N) is 1. The number of methoxy groups -OCH3 is 1. The van der Waals surface area contributed by atoms with E-state index in [0.29, 0.717) is 18.6 Å². The maximum Gasteiger partial charge on any atom is 0.311 e. The van der Waals surface area contributed by atoms with E-state index in [9.17, 15) is 14.9 Å². The van der Waals surface area contributed by atoms with Gasteiger partial charge in [-0.05, 0) is 36.2 Å². The Labute approximate surface area is 150 Å². The van der Waals surface area contributed by atoms with E-state index in [1.165, 1.54) is 19.2 Å². The molecule has 0 N–H and O–H groups in total. The number of rotatable bonds is 6. The SMILES string of the molecule is COC(=O)[C@H]1C[C@H](COc2ccccc2)O[C@@H]1c1ccc([N+](=O)[O-])cc1. The van der Waals surface area contributed by atoms with E-state index < -0.39 is 16.9 Å². The van der Waals surface area contributed by atoms with Crippen molar-refractivity contribution in [2.24, 2.45) is 5.92 Å². The zero-order valence-electron chi connectivity index (χ0n) is 14.2. The Morgan fingerprint density at radius 1 is 1.19 bits per heavy atom. The van der Waals surface area contributed by atoms with Gasteiger partial charge in [-0.1, -0.05) is 18.2 Å². The van der Waals surface area contributed by atoms with Gasteiger partial charge in [0.2, 0.25) is 0 Å². The average molecular weight is 357 g/mol. The van der Waals surface area contributed by atoms with Gasteiger partial charge in [-0.3, -0.25) is 14.9 Å². The molecule has 0 aromatic heterocycles. The predicted octanol–water partition coefficient (Wildman–Crippen LogP) is 3.29. The fourth-order valence-electron chi connectivity index (χ4n) is 3.05. The Bertz CT molecular complexity index is 761. The summed E-state index contributed by atoms with van der Waals surface area (Å²) in [5.74, 6) is -0.120. The van der Waals surface area contributed by atoms with E-state index in [4.69, 9.17) is 14.2 Å². The van der Waals surface area contributed by atoms with Crippen LogP contribution >= 0.6 is 0 Å². The minimum absolute atomic E-state index is 0.00896. The smallest absolute Gasteiger partial charge is 0.311 e. The second kappa shape index (κ2) is 7.97. The number of hydrogen-bond donors (Lipinski definition) is 0. The molecule has 2 aromatic carbocycles. The van der Waals surface area contributed by atoms with Crippen molar-refractivity contribution in [2.45, 2.75) is 18.6 Å². The summed E-state index contributed by atoms with van der Waals surface area (Å²) in [6.07, 6.45) is -0.339. The Balaban J connectivity index is 1.72. The van der Waals surface area contributed by atoms with Crippen molar-refractivity contribution in [3.63, 3.8) is 0 Å². The van der Waals surface area contributed by atoms with Crippen LogP contribution in [0.4, 0.5) is 5.69 Å². The van der Waals surface area contributed by atoms with Crippen LogP contribution in [0.5, 0.6) is 5.75 Å². The summed E-state index contributed by atoms with van der Waals surface area (Å²) in [7, 11) is 1.34. The van der Waals surface area contributed by atoms with Gasteiger partial charge < -0.3 is 14.2 Å². The molecule has 136 valence electrons. The molecule has 0 aliphatic carbocycles. The van der Waals surface area contributed by atoms with Gasteiger partial charge in [0.05, 0.1) is 30.2 Å². The molecule has 2 aromatic rings. The first-order chi connectivity index (χ1) is 12.6. The molecule has 1 fully saturated rings. The van der Waals surface area contributed by atoms with Crippen molar-refractivity contribution in [2.75, 3.05) is 13.7 Å². The highest BCUT2D eigenvalue weighted by Crippen LogP contribution is 2.39. The quantitative estimate of drug-likeness (QED) is 0.448. The van der Waals surface area contributed by atoms with Crippen LogP contribution in [-0.2, 0) is 14.3 Å². The van der Waals surface area contributed by atoms with Gasteiger partial charge in [-0.2, -0.15) is 0 Å². The molecule has 0 amide bonds. The minimum atomic E-state index is -0.521. The Kier molecular flexibility index (Phi) is 5.48. The summed E-state index contributed by atoms with van der Waals surface area (Å²) in [5.41, 5.74) is 0.693. The third-order valence-corrected chi connectivity index (χ3v) is 4.34. The average Bonchev–Trinajstić information content (AvgIpc) is 3.11. The van der Waals surface area contributed by atoms with Crippen LogP contribution in [0.3, 0.4) is 0 Å². The molecule has 3 atom stereocenters. The Hall–Kier alpha value is -2.93. The second-order valence-corrected chi connectivity index (χ2v) is 6.02. The van der Waals surface area contributed by atoms with Crippen LogP contribution in [0.1, 0.15) is 18.1 Å². The molecule has 0 bridgehead atoms. The monoisotopic (exact) mass is 357 g/mol. The molecule has 1 saturated heterocycles. The summed E-state index contributed by atoms with van der Waals surface area (Å²) < 4.78 is 16.6. The molecule has 26 heavy (non-hydrogen) atoms. The van der Waals surface area contributed by atoms with Gasteiger partial charge in [-0.25, -0.2) is 0 Å². The number of nitro benzene ring substituents is 1. The molecule has 0 saturated carbocycles. The lowest BCUT2D eigenvalue weighted by Gasteiger charge is -2.17. The molecule has 7 nitrogen and oxygen atoms in total. The molecule has 1 heterocycles. The number of carbonyl (C=O) groups is 1. The maximum absolute atomic E-state index is 12.1. The lowest BCUT2D eigenvalue weighted by atomic mass is 9.94. The largest absolute Gasteiger partial charge is 0.491 e. The molecular formula is C19H19NO6. The predicted molar refractivity (Wildman–Crippen MR) is 92.8 cm³/mol. The molecular weight excluding hydrogens is 338 g/mol. The third kappa shape index (κ3) is 4.00. The van der Waals surface area contributed by atoms with Gasteiger partial charge in [0, 0.05) is 12.1 Å². The first kappa shape index (κ1) is 17.9. The fraction of sp³-hybridized carbons (Fsp3) is 0.316. The summed E-state index contributed by atoms with van der Waals surface area (Å²) in [6, 6.07) is 15.4. The normalized spacial score (nSPS) is 22.0. The van der Waals surface area contributed by atoms with Crippen LogP contribution in [0.25, 0.3) is 0 Å². The molecule has 0 spiro atoms. The number of non-ortho nitro benzene ring substituents is 1. The Morgan fingerprint density at radius 2 is 1.88 bits per heavy atom. The van der Waals surface area contributed by atoms with E-state index in [2.05, 4.69) is 0 Å². The van der Waals surface area contributed by atoms with Crippen molar-refractivity contribution in [1.29, 1.82) is 0 Å². The summed E-state index contributed by atoms with van der Waals surface area (Å²) >= 11 is 0. The number of ether oxygens (including phenoxy) is 3. The summed E-state index contributed by atoms with van der Waals surface area (Å²) in [5, 5.41) is 10.8. The van der Waals surface area contributed by atoms with Crippen LogP contribution in [0.15, 0.2) is 54.6 Å². The van der Waals surface area contributed by atoms with Crippen molar-refractivity contribution < 1.29 is 23.9 Å². The van der Waals surface area contributed by atoms with Crippen molar-refractivity contribution in [3.8, 4) is 5.75 Å². The Morgan fingerprint density at radius 3 is 2.50 bits per heavy atom. The van der Waals surface area contributed by atoms with Crippen LogP contribution < -0.4 is 4.74 Å². The van der Waals surface area contributed by atoms with Crippen LogP contribution in [0, 0.1) is 16.0 Å². The minimum Gasteiger partial charge on any atom is -0.491 e. The highest BCUT2D eigenvalue weighted by molar-refractivity contribution is 5.73. The summed E-state index contributed by atoms with van der Waals surface area (Å²) in [6.45, 7) is 0.307. The second-order valence-electron chi connectivity index (χ2n) is 6.02. The zero-order chi connectivity index (χ0) is 18.5. The summed E-state index contributed by atoms with van der Waals surface area (Å²) in [4.78, 5) is 22.5. The fourth-order valence-corrected chi connectivity index (χ4v) is 3.05. The molecule has 7 heteroatoms. The van der Waals surface area contributed by atoms with Crippen LogP contribution in [-0.4, -0.2) is 30.7 Å².